The molecule has 1 unspecified atom stereocenters. The van der Waals surface area contributed by atoms with Crippen molar-refractivity contribution < 1.29 is 14.3 Å². The van der Waals surface area contributed by atoms with Crippen LogP contribution in [0.1, 0.15) is 54.4 Å². The summed E-state index contributed by atoms with van der Waals surface area (Å²) >= 11 is 0. The molecule has 2 fully saturated rings. The number of esters is 1. The molecule has 0 amide bonds. The Morgan fingerprint density at radius 2 is 2.14 bits per heavy atom. The van der Waals surface area contributed by atoms with Crippen LogP contribution in [-0.2, 0) is 9.47 Å². The Labute approximate surface area is 125 Å². The van der Waals surface area contributed by atoms with Crippen LogP contribution >= 0.6 is 0 Å². The van der Waals surface area contributed by atoms with Crippen LogP contribution in [0.15, 0.2) is 18.2 Å². The normalized spacial score (nSPS) is 24.1. The Morgan fingerprint density at radius 3 is 2.90 bits per heavy atom. The molecule has 0 bridgehead atoms. The molecular weight excluding hydrogens is 266 g/mol. The van der Waals surface area contributed by atoms with Gasteiger partial charge in [0.25, 0.3) is 0 Å². The van der Waals surface area contributed by atoms with Crippen molar-refractivity contribution >= 4 is 11.7 Å². The van der Waals surface area contributed by atoms with E-state index in [1.807, 2.05) is 6.92 Å². The Balaban J connectivity index is 1.68. The first-order chi connectivity index (χ1) is 10.1. The van der Waals surface area contributed by atoms with Crippen molar-refractivity contribution in [2.75, 3.05) is 12.3 Å². The van der Waals surface area contributed by atoms with Crippen LogP contribution in [0.25, 0.3) is 0 Å². The van der Waals surface area contributed by atoms with Gasteiger partial charge in [-0.3, -0.25) is 0 Å². The van der Waals surface area contributed by atoms with Gasteiger partial charge in [0.1, 0.15) is 6.10 Å². The summed E-state index contributed by atoms with van der Waals surface area (Å²) in [6, 6.07) is 5.37. The highest BCUT2D eigenvalue weighted by atomic mass is 16.6. The van der Waals surface area contributed by atoms with E-state index in [-0.39, 0.29) is 17.7 Å². The van der Waals surface area contributed by atoms with Gasteiger partial charge in [0, 0.05) is 18.5 Å². The van der Waals surface area contributed by atoms with Gasteiger partial charge in [0.15, 0.2) is 0 Å². The molecule has 1 saturated carbocycles. The summed E-state index contributed by atoms with van der Waals surface area (Å²) in [5, 5.41) is 0. The number of anilines is 1. The minimum atomic E-state index is -0.264. The van der Waals surface area contributed by atoms with E-state index in [2.05, 4.69) is 0 Å². The fourth-order valence-corrected chi connectivity index (χ4v) is 3.54. The lowest BCUT2D eigenvalue weighted by Gasteiger charge is -2.37. The van der Waals surface area contributed by atoms with E-state index >= 15 is 0 Å². The first kappa shape index (κ1) is 14.4. The van der Waals surface area contributed by atoms with E-state index in [0.717, 1.165) is 31.2 Å². The minimum Gasteiger partial charge on any atom is -0.459 e. The Hall–Kier alpha value is -1.55. The van der Waals surface area contributed by atoms with Crippen molar-refractivity contribution in [3.8, 4) is 0 Å². The van der Waals surface area contributed by atoms with Gasteiger partial charge in [-0.1, -0.05) is 18.9 Å². The van der Waals surface area contributed by atoms with Gasteiger partial charge in [-0.05, 0) is 37.5 Å². The van der Waals surface area contributed by atoms with Crippen molar-refractivity contribution in [3.63, 3.8) is 0 Å². The summed E-state index contributed by atoms with van der Waals surface area (Å²) in [5.41, 5.74) is 7.82. The molecule has 114 valence electrons. The topological polar surface area (TPSA) is 61.6 Å². The summed E-state index contributed by atoms with van der Waals surface area (Å²) in [6.45, 7) is 2.54. The van der Waals surface area contributed by atoms with Crippen molar-refractivity contribution in [2.45, 2.75) is 57.2 Å². The van der Waals surface area contributed by atoms with E-state index < -0.39 is 0 Å². The fraction of sp³-hybridized carbons (Fsp3) is 0.588. The van der Waals surface area contributed by atoms with Gasteiger partial charge in [0.05, 0.1) is 17.8 Å². The van der Waals surface area contributed by atoms with Crippen LogP contribution in [-0.4, -0.2) is 24.3 Å². The molecule has 3 rings (SSSR count). The lowest BCUT2D eigenvalue weighted by atomic mass is 9.90. The molecule has 2 N–H and O–H groups in total. The van der Waals surface area contributed by atoms with Gasteiger partial charge >= 0.3 is 5.97 Å². The van der Waals surface area contributed by atoms with Crippen LogP contribution in [0, 0.1) is 6.92 Å². The molecule has 4 heteroatoms. The first-order valence-electron chi connectivity index (χ1n) is 7.80. The van der Waals surface area contributed by atoms with Gasteiger partial charge in [-0.25, -0.2) is 4.79 Å². The number of hydrogen-bond donors (Lipinski definition) is 1. The number of hydrogen-bond acceptors (Lipinski definition) is 4. The number of carbonyl (C=O) groups excluding carboxylic acids is 1. The molecule has 1 aliphatic carbocycles. The Kier molecular flexibility index (Phi) is 3.89. The third-order valence-corrected chi connectivity index (χ3v) is 4.83. The third kappa shape index (κ3) is 2.91. The maximum atomic E-state index is 12.4. The molecular formula is C17H23NO3. The zero-order valence-electron chi connectivity index (χ0n) is 12.6. The third-order valence-electron chi connectivity index (χ3n) is 4.83. The molecule has 0 aromatic heterocycles. The van der Waals surface area contributed by atoms with Crippen LogP contribution < -0.4 is 5.73 Å². The summed E-state index contributed by atoms with van der Waals surface area (Å²) in [4.78, 5) is 12.4. The lowest BCUT2D eigenvalue weighted by molar-refractivity contribution is -0.117. The highest BCUT2D eigenvalue weighted by Gasteiger charge is 2.41. The average Bonchev–Trinajstić information content (AvgIpc) is 2.89. The second-order valence-corrected chi connectivity index (χ2v) is 6.28. The molecule has 1 atom stereocenters. The van der Waals surface area contributed by atoms with E-state index in [9.17, 15) is 4.79 Å². The second kappa shape index (κ2) is 5.68. The first-order valence-corrected chi connectivity index (χ1v) is 7.80. The zero-order valence-corrected chi connectivity index (χ0v) is 12.6. The Bertz CT molecular complexity index is 535. The Morgan fingerprint density at radius 1 is 1.38 bits per heavy atom. The van der Waals surface area contributed by atoms with Crippen molar-refractivity contribution in [2.24, 2.45) is 0 Å². The quantitative estimate of drug-likeness (QED) is 0.670. The number of nitrogens with two attached hydrogens (primary N) is 1. The molecule has 0 radical (unpaired) electrons. The molecule has 1 saturated heterocycles. The van der Waals surface area contributed by atoms with E-state index in [0.29, 0.717) is 17.9 Å². The molecule has 1 aromatic carbocycles. The van der Waals surface area contributed by atoms with Crippen molar-refractivity contribution in [3.05, 3.63) is 29.3 Å². The monoisotopic (exact) mass is 289 g/mol. The molecule has 21 heavy (non-hydrogen) atoms. The summed E-state index contributed by atoms with van der Waals surface area (Å²) in [6.07, 6.45) is 6.21. The number of rotatable bonds is 2. The van der Waals surface area contributed by atoms with Gasteiger partial charge in [0.2, 0.25) is 0 Å². The molecule has 1 aliphatic heterocycles. The number of nitrogen functional groups attached to an aromatic ring is 1. The predicted octanol–water partition coefficient (Wildman–Crippen LogP) is 3.23. The predicted molar refractivity (Wildman–Crippen MR) is 81.2 cm³/mol. The SMILES string of the molecule is Cc1c(N)cccc1C(=O)OC1CCOC2(CCCC2)C1. The number of benzene rings is 1. The maximum absolute atomic E-state index is 12.4. The highest BCUT2D eigenvalue weighted by molar-refractivity contribution is 5.92. The molecule has 1 aromatic rings. The highest BCUT2D eigenvalue weighted by Crippen LogP contribution is 2.40. The van der Waals surface area contributed by atoms with Crippen LogP contribution in [0.2, 0.25) is 0 Å². The van der Waals surface area contributed by atoms with Crippen LogP contribution in [0.5, 0.6) is 0 Å². The average molecular weight is 289 g/mol. The minimum absolute atomic E-state index is 0.0338. The van der Waals surface area contributed by atoms with Crippen LogP contribution in [0.4, 0.5) is 5.69 Å². The number of carbonyl (C=O) groups is 1. The summed E-state index contributed by atoms with van der Waals surface area (Å²) in [5.74, 6) is -0.264. The van der Waals surface area contributed by atoms with Crippen molar-refractivity contribution in [1.29, 1.82) is 0 Å². The molecule has 1 heterocycles. The van der Waals surface area contributed by atoms with Crippen LogP contribution in [0.3, 0.4) is 0 Å². The lowest BCUT2D eigenvalue weighted by Crippen LogP contribution is -2.41. The van der Waals surface area contributed by atoms with Gasteiger partial charge in [-0.15, -0.1) is 0 Å². The molecule has 1 spiro atoms. The van der Waals surface area contributed by atoms with Gasteiger partial charge < -0.3 is 15.2 Å². The number of ether oxygens (including phenoxy) is 2. The van der Waals surface area contributed by atoms with E-state index in [1.54, 1.807) is 18.2 Å². The van der Waals surface area contributed by atoms with E-state index in [1.165, 1.54) is 12.8 Å². The fourth-order valence-electron chi connectivity index (χ4n) is 3.54. The second-order valence-electron chi connectivity index (χ2n) is 6.28. The van der Waals surface area contributed by atoms with E-state index in [4.69, 9.17) is 15.2 Å². The summed E-state index contributed by atoms with van der Waals surface area (Å²) in [7, 11) is 0. The van der Waals surface area contributed by atoms with Gasteiger partial charge in [-0.2, -0.15) is 0 Å². The molecule has 4 nitrogen and oxygen atoms in total. The van der Waals surface area contributed by atoms with Crippen molar-refractivity contribution in [1.82, 2.24) is 0 Å². The standard InChI is InChI=1S/C17H23NO3/c1-12-14(5-4-6-15(12)18)16(19)21-13-7-10-20-17(11-13)8-2-3-9-17/h4-6,13H,2-3,7-11,18H2,1H3. The maximum Gasteiger partial charge on any atom is 0.338 e. The molecule has 2 aliphatic rings. The smallest absolute Gasteiger partial charge is 0.338 e. The largest absolute Gasteiger partial charge is 0.459 e. The zero-order chi connectivity index (χ0) is 14.9. The summed E-state index contributed by atoms with van der Waals surface area (Å²) < 4.78 is 11.7.